The number of likely N-dealkylation sites (tertiary alicyclic amines) is 1. The summed E-state index contributed by atoms with van der Waals surface area (Å²) in [4.78, 5) is 47.9. The van der Waals surface area contributed by atoms with E-state index in [2.05, 4.69) is 13.2 Å². The van der Waals surface area contributed by atoms with Crippen molar-refractivity contribution in [3.63, 3.8) is 0 Å². The van der Waals surface area contributed by atoms with Crippen molar-refractivity contribution >= 4 is 29.1 Å². The van der Waals surface area contributed by atoms with Gasteiger partial charge in [0.2, 0.25) is 11.8 Å². The fraction of sp³-hybridized carbons (Fsp3) is 0.441. The number of carbonyl (C=O) groups excluding carboxylic acids is 3. The average molecular weight is 588 g/mol. The number of β-amino-alcohol motifs (C(OH)–C–C–N with tert-alkyl or cyclic N) is 1. The summed E-state index contributed by atoms with van der Waals surface area (Å²) in [5.41, 5.74) is 2.08. The lowest BCUT2D eigenvalue weighted by atomic mass is 9.70. The number of para-hydroxylation sites is 1. The van der Waals surface area contributed by atoms with Gasteiger partial charge in [0.15, 0.2) is 0 Å². The Bertz CT molecular complexity index is 1390. The van der Waals surface area contributed by atoms with E-state index in [4.69, 9.17) is 9.47 Å². The molecule has 228 valence electrons. The first-order valence-corrected chi connectivity index (χ1v) is 15.0. The van der Waals surface area contributed by atoms with Crippen LogP contribution in [0.25, 0.3) is 0 Å². The molecule has 0 aliphatic carbocycles. The summed E-state index contributed by atoms with van der Waals surface area (Å²) >= 11 is 0. The van der Waals surface area contributed by atoms with Crippen LogP contribution in [0.4, 0.5) is 11.4 Å². The Kier molecular flexibility index (Phi) is 8.76. The third-order valence-electron chi connectivity index (χ3n) is 8.98. The maximum Gasteiger partial charge on any atom is 0.253 e. The fourth-order valence-electron chi connectivity index (χ4n) is 7.38. The minimum Gasteiger partial charge on any atom is -0.494 e. The van der Waals surface area contributed by atoms with E-state index in [1.54, 1.807) is 34.1 Å². The summed E-state index contributed by atoms with van der Waals surface area (Å²) in [6.45, 7) is 14.2. The van der Waals surface area contributed by atoms with Gasteiger partial charge in [0.25, 0.3) is 5.91 Å². The van der Waals surface area contributed by atoms with Gasteiger partial charge in [-0.05, 0) is 69.0 Å². The second-order valence-corrected chi connectivity index (χ2v) is 11.5. The van der Waals surface area contributed by atoms with E-state index in [1.165, 1.54) is 4.90 Å². The second-order valence-electron chi connectivity index (χ2n) is 11.5. The van der Waals surface area contributed by atoms with Crippen molar-refractivity contribution in [2.75, 3.05) is 42.6 Å². The molecular weight excluding hydrogens is 546 g/mol. The molecule has 1 spiro atoms. The first-order valence-electron chi connectivity index (χ1n) is 15.0. The van der Waals surface area contributed by atoms with Crippen LogP contribution in [0, 0.1) is 25.7 Å². The highest BCUT2D eigenvalue weighted by atomic mass is 16.5. The smallest absolute Gasteiger partial charge is 0.253 e. The molecule has 0 aromatic heterocycles. The zero-order chi connectivity index (χ0) is 30.9. The topological polar surface area (TPSA) is 99.6 Å². The fourth-order valence-corrected chi connectivity index (χ4v) is 7.38. The molecule has 0 radical (unpaired) electrons. The van der Waals surface area contributed by atoms with Crippen molar-refractivity contribution < 1.29 is 29.0 Å². The predicted molar refractivity (Wildman–Crippen MR) is 165 cm³/mol. The summed E-state index contributed by atoms with van der Waals surface area (Å²) < 4.78 is 12.2. The maximum atomic E-state index is 14.6. The maximum absolute atomic E-state index is 14.6. The van der Waals surface area contributed by atoms with E-state index < -0.39 is 29.6 Å². The predicted octanol–water partition coefficient (Wildman–Crippen LogP) is 3.81. The number of benzene rings is 2. The largest absolute Gasteiger partial charge is 0.494 e. The van der Waals surface area contributed by atoms with E-state index in [1.807, 2.05) is 51.1 Å². The second kappa shape index (κ2) is 12.3. The van der Waals surface area contributed by atoms with E-state index in [0.29, 0.717) is 30.9 Å². The lowest BCUT2D eigenvalue weighted by Gasteiger charge is -2.37. The van der Waals surface area contributed by atoms with Crippen LogP contribution in [0.15, 0.2) is 67.8 Å². The first kappa shape index (κ1) is 30.5. The minimum absolute atomic E-state index is 0.0353. The molecule has 3 saturated heterocycles. The van der Waals surface area contributed by atoms with Crippen molar-refractivity contribution in [1.29, 1.82) is 0 Å². The number of amides is 3. The molecule has 9 heteroatoms. The van der Waals surface area contributed by atoms with Crippen molar-refractivity contribution in [2.45, 2.75) is 51.4 Å². The minimum atomic E-state index is -1.18. The SMILES string of the molecule is C=CCN(C(=O)[C@@H]1[C@H]2C(=O)N(CCO)C(C(=O)N(CC=C)c3c(C)cccc3C)C23CC[C@H]1O3)c1ccc(OCC)cc1. The lowest BCUT2D eigenvalue weighted by Crippen LogP contribution is -2.57. The monoisotopic (exact) mass is 587 g/mol. The number of aliphatic hydroxyl groups excluding tert-OH is 1. The van der Waals surface area contributed by atoms with Crippen LogP contribution in [0.2, 0.25) is 0 Å². The Morgan fingerprint density at radius 2 is 1.72 bits per heavy atom. The highest BCUT2D eigenvalue weighted by molar-refractivity contribution is 6.07. The van der Waals surface area contributed by atoms with Gasteiger partial charge in [-0.25, -0.2) is 0 Å². The highest BCUT2D eigenvalue weighted by Crippen LogP contribution is 2.59. The van der Waals surface area contributed by atoms with Gasteiger partial charge in [0.1, 0.15) is 17.4 Å². The molecule has 43 heavy (non-hydrogen) atoms. The molecule has 1 N–H and O–H groups in total. The van der Waals surface area contributed by atoms with E-state index >= 15 is 0 Å². The van der Waals surface area contributed by atoms with Crippen LogP contribution in [0.3, 0.4) is 0 Å². The average Bonchev–Trinajstić information content (AvgIpc) is 3.63. The van der Waals surface area contributed by atoms with Crippen molar-refractivity contribution in [3.8, 4) is 5.75 Å². The summed E-state index contributed by atoms with van der Waals surface area (Å²) in [6, 6.07) is 12.1. The number of rotatable bonds is 12. The van der Waals surface area contributed by atoms with Crippen LogP contribution in [-0.2, 0) is 19.1 Å². The van der Waals surface area contributed by atoms with Gasteiger partial charge in [-0.1, -0.05) is 30.4 Å². The summed E-state index contributed by atoms with van der Waals surface area (Å²) in [5.74, 6) is -1.82. The quantitative estimate of drug-likeness (QED) is 0.380. The van der Waals surface area contributed by atoms with E-state index in [-0.39, 0.29) is 44.0 Å². The molecule has 2 aromatic rings. The Hall–Kier alpha value is -3.95. The van der Waals surface area contributed by atoms with Gasteiger partial charge in [0.05, 0.1) is 31.2 Å². The molecule has 2 aromatic carbocycles. The molecule has 5 rings (SSSR count). The molecule has 3 heterocycles. The zero-order valence-electron chi connectivity index (χ0n) is 25.2. The zero-order valence-corrected chi connectivity index (χ0v) is 25.2. The van der Waals surface area contributed by atoms with Crippen LogP contribution in [0.1, 0.15) is 30.9 Å². The van der Waals surface area contributed by atoms with Crippen molar-refractivity contribution in [3.05, 3.63) is 78.9 Å². The third-order valence-corrected chi connectivity index (χ3v) is 8.98. The van der Waals surface area contributed by atoms with Gasteiger partial charge < -0.3 is 29.3 Å². The molecule has 3 fully saturated rings. The molecular formula is C34H41N3O6. The summed E-state index contributed by atoms with van der Waals surface area (Å²) in [7, 11) is 0. The Balaban J connectivity index is 1.54. The first-order chi connectivity index (χ1) is 20.7. The van der Waals surface area contributed by atoms with E-state index in [0.717, 1.165) is 16.8 Å². The molecule has 9 nitrogen and oxygen atoms in total. The van der Waals surface area contributed by atoms with E-state index in [9.17, 15) is 19.5 Å². The van der Waals surface area contributed by atoms with Crippen LogP contribution < -0.4 is 14.5 Å². The Labute approximate surface area is 253 Å². The van der Waals surface area contributed by atoms with Crippen molar-refractivity contribution in [2.24, 2.45) is 11.8 Å². The molecule has 2 unspecified atom stereocenters. The van der Waals surface area contributed by atoms with Crippen LogP contribution in [0.5, 0.6) is 5.75 Å². The van der Waals surface area contributed by atoms with Gasteiger partial charge >= 0.3 is 0 Å². The summed E-state index contributed by atoms with van der Waals surface area (Å²) in [5, 5.41) is 9.99. The lowest BCUT2D eigenvalue weighted by molar-refractivity contribution is -0.141. The number of nitrogens with zero attached hydrogens (tertiary/aromatic N) is 3. The molecule has 0 saturated carbocycles. The Morgan fingerprint density at radius 3 is 2.33 bits per heavy atom. The normalized spacial score (nSPS) is 25.4. The molecule has 3 aliphatic heterocycles. The number of anilines is 2. The molecule has 5 atom stereocenters. The van der Waals surface area contributed by atoms with Crippen molar-refractivity contribution in [1.82, 2.24) is 4.90 Å². The number of fused-ring (bicyclic) bond motifs is 1. The van der Waals surface area contributed by atoms with Gasteiger partial charge in [-0.15, -0.1) is 13.2 Å². The standard InChI is InChI=1S/C34H41N3O6/c1-6-18-35(24-12-14-25(15-13-24)42-8-3)31(39)27-26-16-17-34(43-26)28(27)32(40)37(20-21-38)30(34)33(41)36(19-7-2)29-22(4)10-9-11-23(29)5/h6-7,9-15,26-28,30,38H,1-2,8,16-21H2,3-5H3/t26-,27+,28+,30?,34?/m1/s1. The van der Waals surface area contributed by atoms with Crippen LogP contribution in [-0.4, -0.2) is 78.3 Å². The number of hydrogen-bond acceptors (Lipinski definition) is 6. The number of carbonyl (C=O) groups is 3. The number of aryl methyl sites for hydroxylation is 2. The van der Waals surface area contributed by atoms with Gasteiger partial charge in [-0.3, -0.25) is 14.4 Å². The number of hydrogen-bond donors (Lipinski definition) is 1. The Morgan fingerprint density at radius 1 is 1.07 bits per heavy atom. The summed E-state index contributed by atoms with van der Waals surface area (Å²) in [6.07, 6.45) is 3.82. The highest BCUT2D eigenvalue weighted by Gasteiger charge is 2.75. The number of ether oxygens (including phenoxy) is 2. The molecule has 3 aliphatic rings. The molecule has 3 amide bonds. The third kappa shape index (κ3) is 5.04. The number of aliphatic hydroxyl groups is 1. The van der Waals surface area contributed by atoms with Crippen LogP contribution >= 0.6 is 0 Å². The van der Waals surface area contributed by atoms with Gasteiger partial charge in [-0.2, -0.15) is 0 Å². The molecule has 2 bridgehead atoms. The van der Waals surface area contributed by atoms with Gasteiger partial charge in [0, 0.05) is 31.0 Å².